The van der Waals surface area contributed by atoms with E-state index >= 15 is 0 Å². The molecular formula is C33H31ClN2O6. The average molecular weight is 587 g/mol. The van der Waals surface area contributed by atoms with Crippen LogP contribution in [0.5, 0.6) is 17.2 Å². The van der Waals surface area contributed by atoms with Crippen LogP contribution in [0.4, 0.5) is 11.4 Å². The lowest BCUT2D eigenvalue weighted by atomic mass is 10.1. The minimum Gasteiger partial charge on any atom is -0.493 e. The number of hydrogen-bond donors (Lipinski definition) is 1. The van der Waals surface area contributed by atoms with Crippen molar-refractivity contribution in [3.05, 3.63) is 113 Å². The number of carboxylic acids is 1. The second-order valence-electron chi connectivity index (χ2n) is 9.47. The van der Waals surface area contributed by atoms with Gasteiger partial charge < -0.3 is 19.5 Å². The van der Waals surface area contributed by atoms with Crippen molar-refractivity contribution in [3.63, 3.8) is 0 Å². The van der Waals surface area contributed by atoms with Gasteiger partial charge in [-0.2, -0.15) is 0 Å². The second-order valence-corrected chi connectivity index (χ2v) is 9.90. The van der Waals surface area contributed by atoms with Gasteiger partial charge in [-0.25, -0.2) is 0 Å². The number of rotatable bonds is 11. The van der Waals surface area contributed by atoms with Crippen LogP contribution in [0, 0.1) is 0 Å². The second kappa shape index (κ2) is 13.7. The van der Waals surface area contributed by atoms with Gasteiger partial charge in [-0.3, -0.25) is 19.3 Å². The highest BCUT2D eigenvalue weighted by atomic mass is 35.5. The van der Waals surface area contributed by atoms with E-state index in [1.165, 1.54) is 14.0 Å². The van der Waals surface area contributed by atoms with Gasteiger partial charge >= 0.3 is 5.97 Å². The zero-order valence-corrected chi connectivity index (χ0v) is 24.3. The van der Waals surface area contributed by atoms with Gasteiger partial charge in [-0.1, -0.05) is 35.9 Å². The molecule has 4 aromatic carbocycles. The molecular weight excluding hydrogens is 556 g/mol. The molecule has 0 aliphatic rings. The summed E-state index contributed by atoms with van der Waals surface area (Å²) < 4.78 is 11.8. The number of nitrogens with zero attached hydrogens (tertiary/aromatic N) is 2. The van der Waals surface area contributed by atoms with Gasteiger partial charge in [0, 0.05) is 47.5 Å². The molecule has 0 bridgehead atoms. The number of anilines is 2. The quantitative estimate of drug-likeness (QED) is 0.201. The number of aliphatic carboxylic acids is 1. The van der Waals surface area contributed by atoms with Crippen LogP contribution in [0.25, 0.3) is 0 Å². The van der Waals surface area contributed by atoms with E-state index in [9.17, 15) is 19.5 Å². The third kappa shape index (κ3) is 7.27. The Balaban J connectivity index is 1.84. The van der Waals surface area contributed by atoms with Crippen LogP contribution in [0.3, 0.4) is 0 Å². The molecule has 0 atom stereocenters. The standard InChI is InChI=1S/C33H31ClN2O6/c1-4-35(22(2)37)21-25-20-28(15-17-29(25)42-31-18-23(19-32(38)39)10-16-30(31)41-3)36(27-13-11-26(34)12-14-27)33(40)24-8-6-5-7-9-24/h5-18,20H,4,19,21H2,1-3H3,(H,38,39). The molecule has 0 radical (unpaired) electrons. The summed E-state index contributed by atoms with van der Waals surface area (Å²) in [5, 5.41) is 9.80. The molecule has 42 heavy (non-hydrogen) atoms. The third-order valence-corrected chi connectivity index (χ3v) is 6.85. The molecule has 1 N–H and O–H groups in total. The third-order valence-electron chi connectivity index (χ3n) is 6.60. The Kier molecular flexibility index (Phi) is 9.83. The molecule has 0 heterocycles. The Labute approximate surface area is 249 Å². The normalized spacial score (nSPS) is 10.6. The van der Waals surface area contributed by atoms with Gasteiger partial charge in [0.05, 0.1) is 13.5 Å². The van der Waals surface area contributed by atoms with Gasteiger partial charge in [0.1, 0.15) is 5.75 Å². The summed E-state index contributed by atoms with van der Waals surface area (Å²) in [5.74, 6) is -0.176. The SMILES string of the molecule is CCN(Cc1cc(N(C(=O)c2ccccc2)c2ccc(Cl)cc2)ccc1Oc1cc(CC(=O)O)ccc1OC)C(C)=O. The van der Waals surface area contributed by atoms with Crippen LogP contribution in [0.15, 0.2) is 91.0 Å². The van der Waals surface area contributed by atoms with E-state index in [0.29, 0.717) is 56.9 Å². The lowest BCUT2D eigenvalue weighted by Crippen LogP contribution is -2.29. The summed E-state index contributed by atoms with van der Waals surface area (Å²) in [6.45, 7) is 4.04. The van der Waals surface area contributed by atoms with Crippen molar-refractivity contribution < 1.29 is 29.0 Å². The van der Waals surface area contributed by atoms with Gasteiger partial charge in [-0.15, -0.1) is 0 Å². The fourth-order valence-electron chi connectivity index (χ4n) is 4.47. The molecule has 9 heteroatoms. The zero-order chi connectivity index (χ0) is 30.2. The summed E-state index contributed by atoms with van der Waals surface area (Å²) in [5.41, 5.74) is 2.83. The molecule has 0 aliphatic carbocycles. The molecule has 2 amide bonds. The lowest BCUT2D eigenvalue weighted by molar-refractivity contribution is -0.136. The predicted octanol–water partition coefficient (Wildman–Crippen LogP) is 7.11. The topological polar surface area (TPSA) is 96.4 Å². The smallest absolute Gasteiger partial charge is 0.307 e. The number of carboxylic acid groups (broad SMARTS) is 1. The van der Waals surface area contributed by atoms with E-state index in [-0.39, 0.29) is 24.8 Å². The molecule has 0 aromatic heterocycles. The summed E-state index contributed by atoms with van der Waals surface area (Å²) in [4.78, 5) is 40.8. The number of ether oxygens (including phenoxy) is 2. The van der Waals surface area contributed by atoms with Crippen molar-refractivity contribution in [3.8, 4) is 17.2 Å². The zero-order valence-electron chi connectivity index (χ0n) is 23.5. The summed E-state index contributed by atoms with van der Waals surface area (Å²) in [6, 6.07) is 26.1. The van der Waals surface area contributed by atoms with E-state index in [2.05, 4.69) is 0 Å². The van der Waals surface area contributed by atoms with Crippen molar-refractivity contribution in [2.45, 2.75) is 26.8 Å². The lowest BCUT2D eigenvalue weighted by Gasteiger charge is -2.26. The van der Waals surface area contributed by atoms with Crippen molar-refractivity contribution in [2.75, 3.05) is 18.6 Å². The number of benzene rings is 4. The minimum atomic E-state index is -0.971. The number of hydrogen-bond acceptors (Lipinski definition) is 5. The number of amides is 2. The van der Waals surface area contributed by atoms with E-state index < -0.39 is 5.97 Å². The predicted molar refractivity (Wildman–Crippen MR) is 162 cm³/mol. The average Bonchev–Trinajstić information content (AvgIpc) is 2.98. The maximum Gasteiger partial charge on any atom is 0.307 e. The maximum atomic E-state index is 13.8. The summed E-state index contributed by atoms with van der Waals surface area (Å²) in [7, 11) is 1.50. The summed E-state index contributed by atoms with van der Waals surface area (Å²) >= 11 is 6.15. The Morgan fingerprint density at radius 2 is 1.50 bits per heavy atom. The Bertz CT molecular complexity index is 1570. The van der Waals surface area contributed by atoms with Crippen LogP contribution >= 0.6 is 11.6 Å². The first-order chi connectivity index (χ1) is 20.2. The van der Waals surface area contributed by atoms with Crippen LogP contribution < -0.4 is 14.4 Å². The number of methoxy groups -OCH3 is 1. The van der Waals surface area contributed by atoms with Crippen molar-refractivity contribution >= 4 is 40.8 Å². The van der Waals surface area contributed by atoms with Crippen molar-refractivity contribution in [1.82, 2.24) is 4.90 Å². The van der Waals surface area contributed by atoms with Crippen LogP contribution in [-0.2, 0) is 22.6 Å². The van der Waals surface area contributed by atoms with E-state index in [4.69, 9.17) is 21.1 Å². The number of carbonyl (C=O) groups is 3. The highest BCUT2D eigenvalue weighted by Gasteiger charge is 2.23. The molecule has 0 saturated heterocycles. The Hall–Kier alpha value is -4.82. The van der Waals surface area contributed by atoms with Crippen molar-refractivity contribution in [2.24, 2.45) is 0 Å². The Morgan fingerprint density at radius 3 is 2.12 bits per heavy atom. The van der Waals surface area contributed by atoms with E-state index in [1.54, 1.807) is 88.7 Å². The Morgan fingerprint density at radius 1 is 0.833 bits per heavy atom. The van der Waals surface area contributed by atoms with Crippen LogP contribution in [-0.4, -0.2) is 41.4 Å². The number of halogens is 1. The van der Waals surface area contributed by atoms with E-state index in [0.717, 1.165) is 0 Å². The molecule has 0 aliphatic heterocycles. The van der Waals surface area contributed by atoms with Gasteiger partial charge in [-0.05, 0) is 79.2 Å². The first-order valence-electron chi connectivity index (χ1n) is 13.3. The van der Waals surface area contributed by atoms with Crippen LogP contribution in [0.2, 0.25) is 5.02 Å². The molecule has 0 unspecified atom stereocenters. The first kappa shape index (κ1) is 30.1. The molecule has 8 nitrogen and oxygen atoms in total. The molecule has 0 saturated carbocycles. The van der Waals surface area contributed by atoms with Gasteiger partial charge in [0.25, 0.3) is 5.91 Å². The summed E-state index contributed by atoms with van der Waals surface area (Å²) in [6.07, 6.45) is -0.183. The molecule has 0 fully saturated rings. The van der Waals surface area contributed by atoms with E-state index in [1.807, 2.05) is 19.1 Å². The molecule has 0 spiro atoms. The molecule has 4 aromatic rings. The molecule has 4 rings (SSSR count). The van der Waals surface area contributed by atoms with Gasteiger partial charge in [0.15, 0.2) is 11.5 Å². The maximum absolute atomic E-state index is 13.8. The monoisotopic (exact) mass is 586 g/mol. The fraction of sp³-hybridized carbons (Fsp3) is 0.182. The first-order valence-corrected chi connectivity index (χ1v) is 13.7. The van der Waals surface area contributed by atoms with Crippen LogP contribution in [0.1, 0.15) is 35.3 Å². The largest absolute Gasteiger partial charge is 0.493 e. The molecule has 216 valence electrons. The number of carbonyl (C=O) groups excluding carboxylic acids is 2. The fourth-order valence-corrected chi connectivity index (χ4v) is 4.59. The highest BCUT2D eigenvalue weighted by Crippen LogP contribution is 2.38. The minimum absolute atomic E-state index is 0.121. The van der Waals surface area contributed by atoms with Gasteiger partial charge in [0.2, 0.25) is 5.91 Å². The van der Waals surface area contributed by atoms with Crippen molar-refractivity contribution in [1.29, 1.82) is 0 Å². The highest BCUT2D eigenvalue weighted by molar-refractivity contribution is 6.30.